The van der Waals surface area contributed by atoms with Crippen LogP contribution in [0.5, 0.6) is 0 Å². The van der Waals surface area contributed by atoms with E-state index in [1.165, 1.54) is 6.07 Å². The van der Waals surface area contributed by atoms with E-state index in [9.17, 15) is 14.0 Å². The molecule has 2 fully saturated rings. The quantitative estimate of drug-likeness (QED) is 0.756. The second-order valence-electron chi connectivity index (χ2n) is 6.71. The van der Waals surface area contributed by atoms with E-state index in [1.54, 1.807) is 24.8 Å². The van der Waals surface area contributed by atoms with Crippen molar-refractivity contribution >= 4 is 34.9 Å². The Morgan fingerprint density at radius 2 is 2.04 bits per heavy atom. The minimum atomic E-state index is -0.491. The Labute approximate surface area is 162 Å². The molecule has 2 aliphatic heterocycles. The van der Waals surface area contributed by atoms with E-state index in [2.05, 4.69) is 10.6 Å². The maximum Gasteiger partial charge on any atom is 0.407 e. The molecule has 0 radical (unpaired) electrons. The van der Waals surface area contributed by atoms with Crippen molar-refractivity contribution in [3.63, 3.8) is 0 Å². The molecule has 2 atom stereocenters. The average molecular weight is 394 g/mol. The molecule has 2 heterocycles. The first-order valence-corrected chi connectivity index (χ1v) is 9.27. The molecule has 0 saturated carbocycles. The number of anilines is 1. The highest BCUT2D eigenvalue weighted by Crippen LogP contribution is 2.28. The van der Waals surface area contributed by atoms with Gasteiger partial charge in [-0.05, 0) is 24.6 Å². The molecule has 1 aromatic rings. The van der Waals surface area contributed by atoms with Crippen molar-refractivity contribution in [3.05, 3.63) is 29.6 Å². The summed E-state index contributed by atoms with van der Waals surface area (Å²) in [6.07, 6.45) is -0.964. The minimum Gasteiger partial charge on any atom is -0.442 e. The minimum absolute atomic E-state index is 0.0367. The van der Waals surface area contributed by atoms with Crippen LogP contribution in [0, 0.1) is 5.82 Å². The molecular formula is C18H23FN4O3S. The van der Waals surface area contributed by atoms with Crippen LogP contribution in [0.3, 0.4) is 0 Å². The second kappa shape index (κ2) is 8.08. The van der Waals surface area contributed by atoms with Gasteiger partial charge in [-0.2, -0.15) is 0 Å². The lowest BCUT2D eigenvalue weighted by Crippen LogP contribution is -2.48. The zero-order valence-electron chi connectivity index (χ0n) is 15.3. The zero-order chi connectivity index (χ0) is 19.6. The average Bonchev–Trinajstić information content (AvgIpc) is 3.05. The second-order valence-corrected chi connectivity index (χ2v) is 7.32. The lowest BCUT2D eigenvalue weighted by atomic mass is 10.00. The molecule has 2 saturated heterocycles. The lowest BCUT2D eigenvalue weighted by Gasteiger charge is -2.36. The first-order chi connectivity index (χ1) is 12.8. The van der Waals surface area contributed by atoms with Crippen molar-refractivity contribution in [1.29, 1.82) is 0 Å². The van der Waals surface area contributed by atoms with Crippen LogP contribution < -0.4 is 15.5 Å². The van der Waals surface area contributed by atoms with Crippen LogP contribution in [0.15, 0.2) is 18.2 Å². The highest BCUT2D eigenvalue weighted by Gasteiger charge is 2.33. The van der Waals surface area contributed by atoms with E-state index in [-0.39, 0.29) is 11.7 Å². The Morgan fingerprint density at radius 3 is 2.56 bits per heavy atom. The summed E-state index contributed by atoms with van der Waals surface area (Å²) in [5, 5.41) is 5.70. The van der Waals surface area contributed by atoms with E-state index >= 15 is 0 Å². The first kappa shape index (κ1) is 19.3. The standard InChI is InChI=1S/C18H23FN4O3S/c1-11(27)21-17(16-10-20-18(25)26-16)13-3-4-15(14(19)9-13)23-7-5-22(6-8-23)12(2)24/h3-4,9,16-17H,5-8,10H2,1-2H3,(H,20,25)(H,21,27)/t16-,17?/m0/s1. The van der Waals surface area contributed by atoms with Gasteiger partial charge in [0.15, 0.2) is 0 Å². The molecule has 2 aliphatic rings. The molecule has 0 bridgehead atoms. The highest BCUT2D eigenvalue weighted by atomic mass is 32.1. The summed E-state index contributed by atoms with van der Waals surface area (Å²) in [7, 11) is 0. The molecule has 1 unspecified atom stereocenters. The Bertz CT molecular complexity index is 752. The summed E-state index contributed by atoms with van der Waals surface area (Å²) in [6, 6.07) is 4.57. The third-order valence-electron chi connectivity index (χ3n) is 4.83. The molecule has 1 aromatic carbocycles. The summed E-state index contributed by atoms with van der Waals surface area (Å²) in [5.41, 5.74) is 1.16. The molecule has 3 rings (SSSR count). The molecule has 9 heteroatoms. The number of halogens is 1. The van der Waals surface area contributed by atoms with Crippen LogP contribution in [0.2, 0.25) is 0 Å². The summed E-state index contributed by atoms with van der Waals surface area (Å²) < 4.78 is 20.1. The van der Waals surface area contributed by atoms with Gasteiger partial charge in [0.25, 0.3) is 0 Å². The number of ether oxygens (including phenoxy) is 1. The van der Waals surface area contributed by atoms with Gasteiger partial charge in [0.2, 0.25) is 5.91 Å². The molecule has 2 amide bonds. The number of thiocarbonyl (C=S) groups is 1. The molecule has 27 heavy (non-hydrogen) atoms. The summed E-state index contributed by atoms with van der Waals surface area (Å²) in [4.78, 5) is 27.0. The normalized spacial score (nSPS) is 20.7. The largest absolute Gasteiger partial charge is 0.442 e. The van der Waals surface area contributed by atoms with Crippen LogP contribution in [-0.4, -0.2) is 60.7 Å². The monoisotopic (exact) mass is 394 g/mol. The number of rotatable bonds is 4. The Balaban J connectivity index is 1.77. The smallest absolute Gasteiger partial charge is 0.407 e. The number of cyclic esters (lactones) is 1. The van der Waals surface area contributed by atoms with E-state index < -0.39 is 18.2 Å². The maximum absolute atomic E-state index is 14.8. The van der Waals surface area contributed by atoms with Crippen molar-refractivity contribution in [2.24, 2.45) is 0 Å². The SMILES string of the molecule is CC(=O)N1CCN(c2ccc(C(NC(C)=S)[C@@H]3CNC(=O)O3)cc2F)CC1. The Hall–Kier alpha value is -2.42. The number of hydrogen-bond donors (Lipinski definition) is 2. The van der Waals surface area contributed by atoms with E-state index in [1.807, 2.05) is 11.0 Å². The highest BCUT2D eigenvalue weighted by molar-refractivity contribution is 7.80. The number of amides is 2. The van der Waals surface area contributed by atoms with E-state index in [0.717, 1.165) is 0 Å². The van der Waals surface area contributed by atoms with Crippen molar-refractivity contribution < 1.29 is 18.7 Å². The third kappa shape index (κ3) is 4.47. The Morgan fingerprint density at radius 1 is 1.33 bits per heavy atom. The summed E-state index contributed by atoms with van der Waals surface area (Å²) in [5.74, 6) is -0.315. The van der Waals surface area contributed by atoms with Crippen molar-refractivity contribution in [2.75, 3.05) is 37.6 Å². The number of benzene rings is 1. The van der Waals surface area contributed by atoms with Crippen molar-refractivity contribution in [2.45, 2.75) is 26.0 Å². The molecule has 0 spiro atoms. The predicted molar refractivity (Wildman–Crippen MR) is 103 cm³/mol. The number of carbonyl (C=O) groups is 2. The molecule has 2 N–H and O–H groups in total. The fraction of sp³-hybridized carbons (Fsp3) is 0.500. The number of alkyl carbamates (subject to hydrolysis) is 1. The van der Waals surface area contributed by atoms with Gasteiger partial charge in [-0.25, -0.2) is 9.18 Å². The summed E-state index contributed by atoms with van der Waals surface area (Å²) in [6.45, 7) is 5.92. The van der Waals surface area contributed by atoms with Crippen LogP contribution in [0.25, 0.3) is 0 Å². The lowest BCUT2D eigenvalue weighted by molar-refractivity contribution is -0.129. The van der Waals surface area contributed by atoms with Gasteiger partial charge in [-0.1, -0.05) is 18.3 Å². The van der Waals surface area contributed by atoms with Gasteiger partial charge in [-0.15, -0.1) is 0 Å². The van der Waals surface area contributed by atoms with E-state index in [4.69, 9.17) is 17.0 Å². The van der Waals surface area contributed by atoms with Crippen LogP contribution >= 0.6 is 12.2 Å². The van der Waals surface area contributed by atoms with Gasteiger partial charge >= 0.3 is 6.09 Å². The van der Waals surface area contributed by atoms with Gasteiger partial charge in [0, 0.05) is 33.1 Å². The molecule has 146 valence electrons. The molecule has 0 aromatic heterocycles. The molecule has 7 nitrogen and oxygen atoms in total. The van der Waals surface area contributed by atoms with Crippen LogP contribution in [-0.2, 0) is 9.53 Å². The van der Waals surface area contributed by atoms with Crippen molar-refractivity contribution in [3.8, 4) is 0 Å². The topological polar surface area (TPSA) is 73.9 Å². The first-order valence-electron chi connectivity index (χ1n) is 8.86. The van der Waals surface area contributed by atoms with Gasteiger partial charge in [0.05, 0.1) is 23.3 Å². The van der Waals surface area contributed by atoms with Gasteiger partial charge in [0.1, 0.15) is 11.9 Å². The number of carbonyl (C=O) groups excluding carboxylic acids is 2. The fourth-order valence-electron chi connectivity index (χ4n) is 3.44. The third-order valence-corrected chi connectivity index (χ3v) is 4.95. The van der Waals surface area contributed by atoms with Gasteiger partial charge < -0.3 is 25.2 Å². The van der Waals surface area contributed by atoms with Crippen LogP contribution in [0.1, 0.15) is 25.5 Å². The van der Waals surface area contributed by atoms with Crippen molar-refractivity contribution in [1.82, 2.24) is 15.5 Å². The van der Waals surface area contributed by atoms with Gasteiger partial charge in [-0.3, -0.25) is 4.79 Å². The maximum atomic E-state index is 14.8. The molecule has 0 aliphatic carbocycles. The number of piperazine rings is 1. The van der Waals surface area contributed by atoms with E-state index in [0.29, 0.717) is 49.0 Å². The van der Waals surface area contributed by atoms with Crippen LogP contribution in [0.4, 0.5) is 14.9 Å². The number of nitrogens with one attached hydrogen (secondary N) is 2. The summed E-state index contributed by atoms with van der Waals surface area (Å²) >= 11 is 5.12. The molecular weight excluding hydrogens is 371 g/mol. The fourth-order valence-corrected chi connectivity index (χ4v) is 3.56. The number of nitrogens with zero attached hydrogens (tertiary/aromatic N) is 2. The zero-order valence-corrected chi connectivity index (χ0v) is 16.1. The predicted octanol–water partition coefficient (Wildman–Crippen LogP) is 1.58. The Kier molecular flexibility index (Phi) is 5.79. The number of hydrogen-bond acceptors (Lipinski definition) is 5.